The van der Waals surface area contributed by atoms with Crippen LogP contribution in [0.2, 0.25) is 0 Å². The van der Waals surface area contributed by atoms with Gasteiger partial charge in [-0.1, -0.05) is 5.21 Å². The summed E-state index contributed by atoms with van der Waals surface area (Å²) in [7, 11) is 0. The van der Waals surface area contributed by atoms with Crippen molar-refractivity contribution < 1.29 is 14.7 Å². The molecule has 0 fully saturated rings. The fourth-order valence-corrected chi connectivity index (χ4v) is 1.42. The Hall–Kier alpha value is -2.56. The third-order valence-electron chi connectivity index (χ3n) is 2.35. The van der Waals surface area contributed by atoms with Gasteiger partial charge < -0.3 is 15.7 Å². The topological polar surface area (TPSA) is 109 Å². The molecule has 0 aliphatic rings. The second kappa shape index (κ2) is 8.53. The highest BCUT2D eigenvalue weighted by molar-refractivity contribution is 5.73. The van der Waals surface area contributed by atoms with Crippen molar-refractivity contribution in [1.82, 2.24) is 25.6 Å². The Balaban J connectivity index is 2.19. The summed E-state index contributed by atoms with van der Waals surface area (Å²) in [4.78, 5) is 21.9. The number of terminal acetylenes is 1. The summed E-state index contributed by atoms with van der Waals surface area (Å²) in [6.07, 6.45) is 8.99. The fraction of sp³-hybridized carbons (Fsp3) is 0.500. The van der Waals surface area contributed by atoms with Gasteiger partial charge in [0.1, 0.15) is 12.2 Å². The average Bonchev–Trinajstić information content (AvgIpc) is 2.83. The molecule has 0 saturated carbocycles. The zero-order chi connectivity index (χ0) is 14.8. The van der Waals surface area contributed by atoms with Gasteiger partial charge in [-0.15, -0.1) is 17.4 Å². The van der Waals surface area contributed by atoms with Gasteiger partial charge in [0.05, 0.1) is 12.7 Å². The van der Waals surface area contributed by atoms with E-state index in [0.29, 0.717) is 18.7 Å². The van der Waals surface area contributed by atoms with Crippen molar-refractivity contribution in [2.75, 3.05) is 6.54 Å². The summed E-state index contributed by atoms with van der Waals surface area (Å²) in [6, 6.07) is -0.307. The van der Waals surface area contributed by atoms with Crippen LogP contribution in [0.4, 0.5) is 4.79 Å². The highest BCUT2D eigenvalue weighted by Crippen LogP contribution is 1.93. The number of unbranched alkanes of at least 4 members (excludes halogenated alkanes) is 2. The minimum atomic E-state index is -1.00. The maximum atomic E-state index is 11.4. The van der Waals surface area contributed by atoms with Crippen molar-refractivity contribution in [3.8, 4) is 12.3 Å². The Bertz CT molecular complexity index is 492. The molecule has 0 aromatic carbocycles. The molecule has 8 heteroatoms. The van der Waals surface area contributed by atoms with Gasteiger partial charge in [-0.25, -0.2) is 9.48 Å². The first kappa shape index (κ1) is 15.5. The molecule has 0 aliphatic carbocycles. The van der Waals surface area contributed by atoms with Crippen LogP contribution in [0.1, 0.15) is 25.0 Å². The van der Waals surface area contributed by atoms with Crippen molar-refractivity contribution >= 4 is 12.0 Å². The van der Waals surface area contributed by atoms with Gasteiger partial charge in [0.25, 0.3) is 0 Å². The molecule has 8 nitrogen and oxygen atoms in total. The van der Waals surface area contributed by atoms with E-state index in [1.807, 2.05) is 0 Å². The Morgan fingerprint density at radius 1 is 1.40 bits per heavy atom. The number of urea groups is 1. The molecule has 1 aromatic rings. The summed E-state index contributed by atoms with van der Waals surface area (Å²) in [5.41, 5.74) is 0.494. The van der Waals surface area contributed by atoms with Crippen LogP contribution < -0.4 is 10.6 Å². The Kier molecular flexibility index (Phi) is 6.61. The molecule has 0 unspecified atom stereocenters. The maximum Gasteiger partial charge on any atom is 0.325 e. The van der Waals surface area contributed by atoms with Crippen molar-refractivity contribution in [3.63, 3.8) is 0 Å². The summed E-state index contributed by atoms with van der Waals surface area (Å²) < 4.78 is 1.19. The summed E-state index contributed by atoms with van der Waals surface area (Å²) >= 11 is 0. The van der Waals surface area contributed by atoms with Gasteiger partial charge in [-0.3, -0.25) is 4.79 Å². The van der Waals surface area contributed by atoms with Gasteiger partial charge in [-0.2, -0.15) is 0 Å². The molecular weight excluding hydrogens is 262 g/mol. The summed E-state index contributed by atoms with van der Waals surface area (Å²) in [6.45, 7) is 0.489. The number of carboxylic acids is 1. The molecule has 3 N–H and O–H groups in total. The molecule has 108 valence electrons. The van der Waals surface area contributed by atoms with Crippen LogP contribution in [-0.4, -0.2) is 38.6 Å². The maximum absolute atomic E-state index is 11.4. The van der Waals surface area contributed by atoms with Crippen molar-refractivity contribution in [3.05, 3.63) is 11.9 Å². The lowest BCUT2D eigenvalue weighted by Gasteiger charge is -2.05. The number of amides is 2. The number of nitrogens with zero attached hydrogens (tertiary/aromatic N) is 3. The van der Waals surface area contributed by atoms with E-state index in [0.717, 1.165) is 12.8 Å². The zero-order valence-corrected chi connectivity index (χ0v) is 11.0. The number of aromatic nitrogens is 3. The summed E-state index contributed by atoms with van der Waals surface area (Å²) in [5, 5.41) is 21.2. The second-order valence-corrected chi connectivity index (χ2v) is 4.07. The number of nitrogens with one attached hydrogen (secondary N) is 2. The second-order valence-electron chi connectivity index (χ2n) is 4.07. The fourth-order valence-electron chi connectivity index (χ4n) is 1.42. The normalized spacial score (nSPS) is 9.75. The molecule has 0 saturated heterocycles. The molecule has 20 heavy (non-hydrogen) atoms. The molecule has 1 heterocycles. The van der Waals surface area contributed by atoms with Crippen LogP contribution in [-0.2, 0) is 17.9 Å². The van der Waals surface area contributed by atoms with E-state index in [4.69, 9.17) is 11.5 Å². The van der Waals surface area contributed by atoms with Crippen LogP contribution in [0.3, 0.4) is 0 Å². The molecule has 0 radical (unpaired) electrons. The highest BCUT2D eigenvalue weighted by atomic mass is 16.4. The van der Waals surface area contributed by atoms with E-state index in [9.17, 15) is 9.59 Å². The van der Waals surface area contributed by atoms with Crippen molar-refractivity contribution in [2.45, 2.75) is 32.4 Å². The lowest BCUT2D eigenvalue weighted by molar-refractivity contribution is -0.137. The van der Waals surface area contributed by atoms with Crippen molar-refractivity contribution in [1.29, 1.82) is 0 Å². The monoisotopic (exact) mass is 279 g/mol. The van der Waals surface area contributed by atoms with E-state index in [-0.39, 0.29) is 19.1 Å². The van der Waals surface area contributed by atoms with Crippen LogP contribution in [0.5, 0.6) is 0 Å². The lowest BCUT2D eigenvalue weighted by atomic mass is 10.2. The average molecular weight is 279 g/mol. The van der Waals surface area contributed by atoms with Crippen LogP contribution >= 0.6 is 0 Å². The molecule has 0 aliphatic heterocycles. The number of carboxylic acid groups (broad SMARTS) is 1. The molecule has 1 rings (SSSR count). The number of hydrogen-bond acceptors (Lipinski definition) is 4. The van der Waals surface area contributed by atoms with E-state index in [1.165, 1.54) is 10.9 Å². The number of carbonyl (C=O) groups excluding carboxylic acids is 1. The molecule has 0 bridgehead atoms. The third-order valence-corrected chi connectivity index (χ3v) is 2.35. The molecule has 2 amide bonds. The molecule has 1 aromatic heterocycles. The lowest BCUT2D eigenvalue weighted by Crippen LogP contribution is -2.35. The first-order valence-corrected chi connectivity index (χ1v) is 6.18. The quantitative estimate of drug-likeness (QED) is 0.457. The third kappa shape index (κ3) is 6.39. The van der Waals surface area contributed by atoms with Gasteiger partial charge >= 0.3 is 12.0 Å². The van der Waals surface area contributed by atoms with E-state index in [2.05, 4.69) is 26.9 Å². The number of carbonyl (C=O) groups is 2. The smallest absolute Gasteiger partial charge is 0.325 e. The molecule has 0 spiro atoms. The number of aliphatic carboxylic acids is 1. The first-order valence-electron chi connectivity index (χ1n) is 6.18. The Morgan fingerprint density at radius 3 is 2.90 bits per heavy atom. The molecule has 0 atom stereocenters. The predicted molar refractivity (Wildman–Crippen MR) is 70.6 cm³/mol. The van der Waals surface area contributed by atoms with Gasteiger partial charge in [-0.05, 0) is 12.8 Å². The minimum absolute atomic E-state index is 0.190. The number of hydrogen-bond donors (Lipinski definition) is 3. The first-order chi connectivity index (χ1) is 9.61. The Labute approximate surface area is 116 Å². The minimum Gasteiger partial charge on any atom is -0.480 e. The zero-order valence-electron chi connectivity index (χ0n) is 11.0. The van der Waals surface area contributed by atoms with Crippen LogP contribution in [0, 0.1) is 12.3 Å². The van der Waals surface area contributed by atoms with Crippen LogP contribution in [0.15, 0.2) is 6.20 Å². The van der Waals surface area contributed by atoms with Gasteiger partial charge in [0.15, 0.2) is 0 Å². The summed E-state index contributed by atoms with van der Waals surface area (Å²) in [5.74, 6) is 1.53. The largest absolute Gasteiger partial charge is 0.480 e. The highest BCUT2D eigenvalue weighted by Gasteiger charge is 2.05. The van der Waals surface area contributed by atoms with E-state index in [1.54, 1.807) is 0 Å². The predicted octanol–water partition coefficient (Wildman–Crippen LogP) is -0.0346. The van der Waals surface area contributed by atoms with Gasteiger partial charge in [0.2, 0.25) is 0 Å². The van der Waals surface area contributed by atoms with Crippen LogP contribution in [0.25, 0.3) is 0 Å². The standard InChI is InChI=1S/C12H17N5O3/c1-2-3-4-5-6-13-12(20)14-7-10-8-17(16-15-10)9-11(18)19/h1,8H,3-7,9H2,(H,18,19)(H2,13,14,20). The van der Waals surface area contributed by atoms with Gasteiger partial charge in [0, 0.05) is 13.0 Å². The number of rotatable bonds is 8. The van der Waals surface area contributed by atoms with E-state index >= 15 is 0 Å². The Morgan fingerprint density at radius 2 is 2.20 bits per heavy atom. The SMILES string of the molecule is C#CCCCCNC(=O)NCc1cn(CC(=O)O)nn1. The van der Waals surface area contributed by atoms with E-state index < -0.39 is 5.97 Å². The van der Waals surface area contributed by atoms with Crippen molar-refractivity contribution in [2.24, 2.45) is 0 Å². The molecular formula is C12H17N5O3.